The third-order valence-electron chi connectivity index (χ3n) is 6.08. The van der Waals surface area contributed by atoms with Gasteiger partial charge in [-0.1, -0.05) is 42.5 Å². The molecule has 41 heavy (non-hydrogen) atoms. The number of carbonyl (C=O) groups excluding carboxylic acids is 3. The van der Waals surface area contributed by atoms with Gasteiger partial charge < -0.3 is 31.1 Å². The Balaban J connectivity index is 1.59. The van der Waals surface area contributed by atoms with Crippen molar-refractivity contribution in [3.63, 3.8) is 0 Å². The molecule has 0 saturated carbocycles. The van der Waals surface area contributed by atoms with Gasteiger partial charge in [-0.15, -0.1) is 0 Å². The van der Waals surface area contributed by atoms with Crippen LogP contribution in [0.5, 0.6) is 5.75 Å². The van der Waals surface area contributed by atoms with E-state index in [1.165, 1.54) is 18.9 Å². The van der Waals surface area contributed by atoms with Crippen molar-refractivity contribution in [2.24, 2.45) is 0 Å². The average molecular weight is 579 g/mol. The lowest BCUT2D eigenvalue weighted by molar-refractivity contribution is -0.138. The Morgan fingerprint density at radius 3 is 2.07 bits per heavy atom. The molecule has 0 aliphatic carbocycles. The van der Waals surface area contributed by atoms with Crippen molar-refractivity contribution >= 4 is 47.0 Å². The number of para-hydroxylation sites is 1. The Morgan fingerprint density at radius 2 is 1.49 bits per heavy atom. The molecule has 216 valence electrons. The quantitative estimate of drug-likeness (QED) is 0.190. The van der Waals surface area contributed by atoms with E-state index >= 15 is 0 Å². The Kier molecular flexibility index (Phi) is 12.0. The van der Waals surface area contributed by atoms with Crippen molar-refractivity contribution in [1.82, 2.24) is 10.6 Å². The third-order valence-corrected chi connectivity index (χ3v) is 6.73. The number of thioether (sulfide) groups is 1. The third kappa shape index (κ3) is 10.5. The highest BCUT2D eigenvalue weighted by Crippen LogP contribution is 2.21. The van der Waals surface area contributed by atoms with Gasteiger partial charge in [-0.25, -0.2) is 4.79 Å². The van der Waals surface area contributed by atoms with E-state index in [9.17, 15) is 24.3 Å². The summed E-state index contributed by atoms with van der Waals surface area (Å²) in [5.41, 5.74) is 2.53. The average Bonchev–Trinajstić information content (AvgIpc) is 2.96. The molecule has 5 N–H and O–H groups in total. The second kappa shape index (κ2) is 15.9. The van der Waals surface area contributed by atoms with Crippen LogP contribution in [0.1, 0.15) is 30.0 Å². The number of aliphatic carboxylic acids is 1. The predicted octanol–water partition coefficient (Wildman–Crippen LogP) is 4.45. The van der Waals surface area contributed by atoms with E-state index in [0.29, 0.717) is 40.4 Å². The molecule has 11 heteroatoms. The number of hydrogen-bond donors (Lipinski definition) is 5. The van der Waals surface area contributed by atoms with E-state index in [0.717, 1.165) is 0 Å². The molecule has 0 fully saturated rings. The van der Waals surface area contributed by atoms with Gasteiger partial charge in [0.15, 0.2) is 0 Å². The van der Waals surface area contributed by atoms with Gasteiger partial charge in [-0.3, -0.25) is 14.4 Å². The van der Waals surface area contributed by atoms with Crippen LogP contribution in [0, 0.1) is 0 Å². The monoisotopic (exact) mass is 578 g/mol. The molecule has 0 unspecified atom stereocenters. The van der Waals surface area contributed by atoms with Gasteiger partial charge in [0.25, 0.3) is 0 Å². The topological polar surface area (TPSA) is 146 Å². The zero-order valence-electron chi connectivity index (χ0n) is 22.9. The number of hydrogen-bond acceptors (Lipinski definition) is 6. The van der Waals surface area contributed by atoms with Gasteiger partial charge >= 0.3 is 12.0 Å². The molecule has 0 bridgehead atoms. The van der Waals surface area contributed by atoms with Crippen LogP contribution in [-0.2, 0) is 20.8 Å². The number of nitrogens with one attached hydrogen (secondary N) is 4. The van der Waals surface area contributed by atoms with Gasteiger partial charge in [-0.2, -0.15) is 11.8 Å². The van der Waals surface area contributed by atoms with Gasteiger partial charge in [0, 0.05) is 11.4 Å². The van der Waals surface area contributed by atoms with E-state index in [4.69, 9.17) is 4.74 Å². The number of carbonyl (C=O) groups is 4. The van der Waals surface area contributed by atoms with Crippen molar-refractivity contribution < 1.29 is 29.0 Å². The fraction of sp³-hybridized carbons (Fsp3) is 0.267. The number of carboxylic acids is 1. The molecule has 0 heterocycles. The first-order chi connectivity index (χ1) is 19.8. The summed E-state index contributed by atoms with van der Waals surface area (Å²) in [6, 6.07) is 20.7. The van der Waals surface area contributed by atoms with Gasteiger partial charge in [0.05, 0.1) is 26.0 Å². The molecular weight excluding hydrogens is 544 g/mol. The minimum atomic E-state index is -1.06. The predicted molar refractivity (Wildman–Crippen MR) is 160 cm³/mol. The van der Waals surface area contributed by atoms with Crippen molar-refractivity contribution in [2.75, 3.05) is 29.8 Å². The van der Waals surface area contributed by atoms with Crippen LogP contribution in [0.2, 0.25) is 0 Å². The first kappa shape index (κ1) is 31.0. The fourth-order valence-corrected chi connectivity index (χ4v) is 4.46. The van der Waals surface area contributed by atoms with Crippen LogP contribution in [0.25, 0.3) is 0 Å². The first-order valence-corrected chi connectivity index (χ1v) is 14.3. The van der Waals surface area contributed by atoms with E-state index in [-0.39, 0.29) is 24.8 Å². The van der Waals surface area contributed by atoms with Gasteiger partial charge in [0.1, 0.15) is 11.8 Å². The summed E-state index contributed by atoms with van der Waals surface area (Å²) in [6.07, 6.45) is 1.99. The maximum Gasteiger partial charge on any atom is 0.323 e. The molecule has 4 amide bonds. The van der Waals surface area contributed by atoms with E-state index in [1.807, 2.05) is 24.5 Å². The van der Waals surface area contributed by atoms with Crippen molar-refractivity contribution in [2.45, 2.75) is 31.3 Å². The highest BCUT2D eigenvalue weighted by Gasteiger charge is 2.25. The maximum atomic E-state index is 13.2. The molecule has 0 saturated heterocycles. The van der Waals surface area contributed by atoms with Gasteiger partial charge in [-0.05, 0) is 66.0 Å². The fourth-order valence-electron chi connectivity index (χ4n) is 3.99. The van der Waals surface area contributed by atoms with Crippen LogP contribution in [0.4, 0.5) is 16.2 Å². The number of methoxy groups -OCH3 is 1. The largest absolute Gasteiger partial charge is 0.497 e. The zero-order valence-corrected chi connectivity index (χ0v) is 23.7. The number of anilines is 2. The zero-order chi connectivity index (χ0) is 29.6. The number of rotatable bonds is 14. The van der Waals surface area contributed by atoms with Crippen molar-refractivity contribution in [3.05, 3.63) is 90.0 Å². The molecule has 3 aromatic rings. The van der Waals surface area contributed by atoms with Gasteiger partial charge in [0.2, 0.25) is 11.8 Å². The molecule has 3 aromatic carbocycles. The summed E-state index contributed by atoms with van der Waals surface area (Å²) in [4.78, 5) is 49.8. The van der Waals surface area contributed by atoms with Crippen molar-refractivity contribution in [3.8, 4) is 5.75 Å². The number of benzene rings is 3. The first-order valence-electron chi connectivity index (χ1n) is 12.9. The van der Waals surface area contributed by atoms with Crippen molar-refractivity contribution in [1.29, 1.82) is 0 Å². The SMILES string of the molecule is COc1ccc([C@H](CC(=O)O)NC(=O)[C@H](CCSC)NC(=O)Cc2ccc(NC(=O)Nc3ccccc3)cc2)cc1. The van der Waals surface area contributed by atoms with Crippen LogP contribution in [0.15, 0.2) is 78.9 Å². The second-order valence-corrected chi connectivity index (χ2v) is 10.1. The minimum absolute atomic E-state index is 0.0244. The highest BCUT2D eigenvalue weighted by atomic mass is 32.2. The number of ether oxygens (including phenoxy) is 1. The summed E-state index contributed by atoms with van der Waals surface area (Å²) < 4.78 is 5.16. The summed E-state index contributed by atoms with van der Waals surface area (Å²) in [5.74, 6) is -0.646. The second-order valence-electron chi connectivity index (χ2n) is 9.15. The van der Waals surface area contributed by atoms with E-state index < -0.39 is 24.0 Å². The lowest BCUT2D eigenvalue weighted by atomic mass is 10.0. The smallest absolute Gasteiger partial charge is 0.323 e. The number of carboxylic acid groups (broad SMARTS) is 1. The summed E-state index contributed by atoms with van der Waals surface area (Å²) >= 11 is 1.54. The van der Waals surface area contributed by atoms with E-state index in [2.05, 4.69) is 21.3 Å². The summed E-state index contributed by atoms with van der Waals surface area (Å²) in [6.45, 7) is 0. The molecule has 0 aliphatic rings. The molecule has 2 atom stereocenters. The summed E-state index contributed by atoms with van der Waals surface area (Å²) in [7, 11) is 1.53. The normalized spacial score (nSPS) is 12.0. The molecule has 0 aromatic heterocycles. The van der Waals surface area contributed by atoms with Crippen LogP contribution < -0.4 is 26.0 Å². The lowest BCUT2D eigenvalue weighted by Crippen LogP contribution is -2.48. The number of amides is 4. The van der Waals surface area contributed by atoms with Crippen LogP contribution in [0.3, 0.4) is 0 Å². The highest BCUT2D eigenvalue weighted by molar-refractivity contribution is 7.98. The molecule has 0 radical (unpaired) electrons. The van der Waals surface area contributed by atoms with Crippen LogP contribution in [-0.4, -0.2) is 54.1 Å². The maximum absolute atomic E-state index is 13.2. The van der Waals surface area contributed by atoms with E-state index in [1.54, 1.807) is 60.7 Å². The molecule has 0 spiro atoms. The Hall–Kier alpha value is -4.51. The minimum Gasteiger partial charge on any atom is -0.497 e. The molecular formula is C30H34N4O6S. The molecule has 0 aliphatic heterocycles. The molecule has 10 nitrogen and oxygen atoms in total. The standard InChI is InChI=1S/C30H34N4O6S/c1-40-24-14-10-21(11-15-24)26(19-28(36)37)34-29(38)25(16-17-41-2)33-27(35)18-20-8-12-23(13-9-20)32-30(39)31-22-6-4-3-5-7-22/h3-15,25-26H,16-19H2,1-2H3,(H,33,35)(H,34,38)(H,36,37)(H2,31,32,39)/t25-,26-/m0/s1. The molecule has 3 rings (SSSR count). The Morgan fingerprint density at radius 1 is 0.854 bits per heavy atom. The number of urea groups is 1. The van der Waals surface area contributed by atoms with Crippen LogP contribution >= 0.6 is 11.8 Å². The Labute approximate surface area is 243 Å². The lowest BCUT2D eigenvalue weighted by Gasteiger charge is -2.23. The Bertz CT molecular complexity index is 1300. The summed E-state index contributed by atoms with van der Waals surface area (Å²) in [5, 5.41) is 20.5.